The fraction of sp³-hybridized carbons (Fsp3) is 0.526. The topological polar surface area (TPSA) is 43.1 Å². The first-order valence-electron chi connectivity index (χ1n) is 8.48. The molecule has 0 saturated carbocycles. The summed E-state index contributed by atoms with van der Waals surface area (Å²) in [4.78, 5) is 12.4. The van der Waals surface area contributed by atoms with Gasteiger partial charge in [0.15, 0.2) is 5.78 Å². The van der Waals surface area contributed by atoms with Gasteiger partial charge < -0.3 is 5.73 Å². The smallest absolute Gasteiger partial charge is 0.159 e. The van der Waals surface area contributed by atoms with Gasteiger partial charge in [-0.25, -0.2) is 4.39 Å². The number of rotatable bonds is 4. The van der Waals surface area contributed by atoms with Crippen LogP contribution in [-0.4, -0.2) is 5.78 Å². The zero-order chi connectivity index (χ0) is 16.8. The quantitative estimate of drug-likeness (QED) is 0.708. The van der Waals surface area contributed by atoms with E-state index in [2.05, 4.69) is 22.9 Å². The van der Waals surface area contributed by atoms with Gasteiger partial charge in [0, 0.05) is 16.3 Å². The van der Waals surface area contributed by atoms with Crippen LogP contribution in [0.3, 0.4) is 0 Å². The van der Waals surface area contributed by atoms with Crippen LogP contribution in [0.5, 0.6) is 0 Å². The zero-order valence-corrected chi connectivity index (χ0v) is 15.4. The van der Waals surface area contributed by atoms with E-state index in [-0.39, 0.29) is 16.9 Å². The van der Waals surface area contributed by atoms with Crippen LogP contribution in [0.15, 0.2) is 16.1 Å². The van der Waals surface area contributed by atoms with Crippen LogP contribution >= 0.6 is 15.9 Å². The Labute approximate surface area is 145 Å². The molecule has 4 heteroatoms. The maximum Gasteiger partial charge on any atom is 0.159 e. The zero-order valence-electron chi connectivity index (χ0n) is 13.8. The van der Waals surface area contributed by atoms with E-state index >= 15 is 0 Å². The molecule has 23 heavy (non-hydrogen) atoms. The van der Waals surface area contributed by atoms with Gasteiger partial charge in [-0.2, -0.15) is 0 Å². The van der Waals surface area contributed by atoms with Gasteiger partial charge in [-0.1, -0.05) is 26.7 Å². The van der Waals surface area contributed by atoms with Crippen molar-refractivity contribution in [3.63, 3.8) is 0 Å². The van der Waals surface area contributed by atoms with Gasteiger partial charge in [0.05, 0.1) is 5.69 Å². The largest absolute Gasteiger partial charge is 0.395 e. The third-order valence-electron chi connectivity index (χ3n) is 5.50. The van der Waals surface area contributed by atoms with Crippen LogP contribution in [0.25, 0.3) is 5.57 Å². The molecule has 0 saturated heterocycles. The van der Waals surface area contributed by atoms with Gasteiger partial charge in [0.25, 0.3) is 0 Å². The van der Waals surface area contributed by atoms with E-state index in [0.29, 0.717) is 17.3 Å². The molecule has 1 aromatic carbocycles. The Morgan fingerprint density at radius 3 is 2.78 bits per heavy atom. The Bertz CT molecular complexity index is 710. The Hall–Kier alpha value is -1.16. The van der Waals surface area contributed by atoms with Crippen LogP contribution in [0.4, 0.5) is 10.1 Å². The van der Waals surface area contributed by atoms with Crippen molar-refractivity contribution >= 4 is 33.0 Å². The monoisotopic (exact) mass is 379 g/mol. The molecule has 2 nitrogen and oxygen atoms in total. The van der Waals surface area contributed by atoms with Crippen LogP contribution < -0.4 is 5.73 Å². The summed E-state index contributed by atoms with van der Waals surface area (Å²) in [5, 5.41) is 0. The number of benzene rings is 1. The highest BCUT2D eigenvalue weighted by Crippen LogP contribution is 2.58. The molecule has 0 aromatic heterocycles. The lowest BCUT2D eigenvalue weighted by molar-refractivity contribution is -0.116. The fourth-order valence-electron chi connectivity index (χ4n) is 4.35. The first kappa shape index (κ1) is 16.7. The summed E-state index contributed by atoms with van der Waals surface area (Å²) in [6, 6.07) is 1.55. The Kier molecular flexibility index (Phi) is 4.39. The summed E-state index contributed by atoms with van der Waals surface area (Å²) in [5.74, 6) is -0.168. The SMILES string of the molecule is CCCCC12CCC(=O)C(CC)=C1c1cc(F)c(N)c(Br)c1C2. The first-order chi connectivity index (χ1) is 10.9. The van der Waals surface area contributed by atoms with Gasteiger partial charge in [-0.3, -0.25) is 4.79 Å². The van der Waals surface area contributed by atoms with E-state index in [9.17, 15) is 9.18 Å². The Morgan fingerprint density at radius 1 is 1.39 bits per heavy atom. The van der Waals surface area contributed by atoms with Crippen molar-refractivity contribution in [1.82, 2.24) is 0 Å². The molecule has 2 N–H and O–H groups in total. The van der Waals surface area contributed by atoms with Crippen LogP contribution in [-0.2, 0) is 11.2 Å². The van der Waals surface area contributed by atoms with E-state index in [0.717, 1.165) is 54.4 Å². The molecule has 2 aliphatic rings. The van der Waals surface area contributed by atoms with Crippen LogP contribution in [0.1, 0.15) is 63.5 Å². The summed E-state index contributed by atoms with van der Waals surface area (Å²) in [6.45, 7) is 4.21. The number of hydrogen-bond acceptors (Lipinski definition) is 2. The van der Waals surface area contributed by atoms with E-state index in [1.165, 1.54) is 0 Å². The molecular formula is C19H23BrFNO. The molecule has 124 valence electrons. The van der Waals surface area contributed by atoms with Crippen molar-refractivity contribution in [3.8, 4) is 0 Å². The predicted molar refractivity (Wildman–Crippen MR) is 95.6 cm³/mol. The number of ketones is 1. The minimum Gasteiger partial charge on any atom is -0.395 e. The lowest BCUT2D eigenvalue weighted by Crippen LogP contribution is -2.28. The molecule has 0 fully saturated rings. The fourth-order valence-corrected chi connectivity index (χ4v) is 4.90. The van der Waals surface area contributed by atoms with Crippen LogP contribution in [0.2, 0.25) is 0 Å². The van der Waals surface area contributed by atoms with Crippen molar-refractivity contribution in [1.29, 1.82) is 0 Å². The number of carbonyl (C=O) groups excluding carboxylic acids is 1. The maximum absolute atomic E-state index is 14.2. The van der Waals surface area contributed by atoms with E-state index < -0.39 is 5.82 Å². The highest BCUT2D eigenvalue weighted by molar-refractivity contribution is 9.10. The third-order valence-corrected chi connectivity index (χ3v) is 6.41. The summed E-state index contributed by atoms with van der Waals surface area (Å²) >= 11 is 3.49. The minimum absolute atomic E-state index is 0.0135. The second-order valence-electron chi connectivity index (χ2n) is 6.80. The first-order valence-corrected chi connectivity index (χ1v) is 9.28. The molecule has 1 atom stereocenters. The van der Waals surface area contributed by atoms with Crippen molar-refractivity contribution in [2.24, 2.45) is 5.41 Å². The lowest BCUT2D eigenvalue weighted by Gasteiger charge is -2.36. The molecule has 2 aliphatic carbocycles. The molecule has 0 spiro atoms. The molecule has 0 amide bonds. The number of unbranched alkanes of at least 4 members (excludes halogenated alkanes) is 1. The normalized spacial score (nSPS) is 23.2. The molecule has 1 unspecified atom stereocenters. The Morgan fingerprint density at radius 2 is 2.13 bits per heavy atom. The average Bonchev–Trinajstić information content (AvgIpc) is 2.86. The number of allylic oxidation sites excluding steroid dienone is 2. The number of anilines is 1. The highest BCUT2D eigenvalue weighted by Gasteiger charge is 2.47. The molecule has 0 bridgehead atoms. The molecule has 0 aliphatic heterocycles. The van der Waals surface area contributed by atoms with Crippen molar-refractivity contribution in [2.45, 2.75) is 58.8 Å². The van der Waals surface area contributed by atoms with E-state index in [1.54, 1.807) is 6.07 Å². The van der Waals surface area contributed by atoms with Gasteiger partial charge >= 0.3 is 0 Å². The second-order valence-corrected chi connectivity index (χ2v) is 7.60. The van der Waals surface area contributed by atoms with Gasteiger partial charge in [-0.15, -0.1) is 0 Å². The maximum atomic E-state index is 14.2. The lowest BCUT2D eigenvalue weighted by atomic mass is 9.67. The number of carbonyl (C=O) groups is 1. The van der Waals surface area contributed by atoms with E-state index in [4.69, 9.17) is 5.73 Å². The van der Waals surface area contributed by atoms with Gasteiger partial charge in [-0.05, 0) is 70.0 Å². The van der Waals surface area contributed by atoms with Gasteiger partial charge in [0.1, 0.15) is 5.82 Å². The molecular weight excluding hydrogens is 357 g/mol. The highest BCUT2D eigenvalue weighted by atomic mass is 79.9. The summed E-state index contributed by atoms with van der Waals surface area (Å²) in [5.41, 5.74) is 10.0. The number of hydrogen-bond donors (Lipinski definition) is 1. The molecule has 0 radical (unpaired) electrons. The number of Topliss-reactive ketones (excluding diaryl/α,β-unsaturated/α-hetero) is 1. The number of nitrogens with two attached hydrogens (primary N) is 1. The van der Waals surface area contributed by atoms with Crippen molar-refractivity contribution < 1.29 is 9.18 Å². The number of halogens is 2. The summed E-state index contributed by atoms with van der Waals surface area (Å²) in [7, 11) is 0. The standard InChI is InChI=1S/C19H23BrFNO/c1-3-5-7-19-8-6-15(23)11(4-2)16(19)12-9-14(21)18(22)17(20)13(12)10-19/h9H,3-8,10,22H2,1-2H3. The predicted octanol–water partition coefficient (Wildman–Crippen LogP) is 5.43. The Balaban J connectivity index is 2.26. The van der Waals surface area contributed by atoms with Gasteiger partial charge in [0.2, 0.25) is 0 Å². The van der Waals surface area contributed by atoms with Crippen molar-refractivity contribution in [2.75, 3.05) is 5.73 Å². The summed E-state index contributed by atoms with van der Waals surface area (Å²) in [6.07, 6.45) is 6.35. The van der Waals surface area contributed by atoms with Crippen LogP contribution in [0, 0.1) is 11.2 Å². The second kappa shape index (κ2) is 6.04. The summed E-state index contributed by atoms with van der Waals surface area (Å²) < 4.78 is 14.9. The minimum atomic E-state index is -0.400. The van der Waals surface area contributed by atoms with Crippen molar-refractivity contribution in [3.05, 3.63) is 33.1 Å². The number of nitrogen functional groups attached to an aromatic ring is 1. The third kappa shape index (κ3) is 2.46. The number of fused-ring (bicyclic) bond motifs is 3. The average molecular weight is 380 g/mol. The van der Waals surface area contributed by atoms with E-state index in [1.807, 2.05) is 6.92 Å². The molecule has 1 aromatic rings. The molecule has 3 rings (SSSR count). The molecule has 0 heterocycles.